The average molecular weight is 596 g/mol. The summed E-state index contributed by atoms with van der Waals surface area (Å²) < 4.78 is 38.7. The summed E-state index contributed by atoms with van der Waals surface area (Å²) in [6, 6.07) is 15.3. The van der Waals surface area contributed by atoms with Gasteiger partial charge in [-0.2, -0.15) is 13.5 Å². The number of carbonyl (C=O) groups excluding carboxylic acids is 1. The fourth-order valence-corrected chi connectivity index (χ4v) is 4.99. The first kappa shape index (κ1) is 30.8. The molecule has 0 unspecified atom stereocenters. The Morgan fingerprint density at radius 2 is 1.74 bits per heavy atom. The molecule has 0 spiro atoms. The molecule has 0 aromatic heterocycles. The molecule has 0 aliphatic carbocycles. The third-order valence-electron chi connectivity index (χ3n) is 5.70. The van der Waals surface area contributed by atoms with Gasteiger partial charge in [0.2, 0.25) is 0 Å². The number of benzene rings is 4. The summed E-state index contributed by atoms with van der Waals surface area (Å²) >= 11 is 12.4. The van der Waals surface area contributed by atoms with Crippen LogP contribution in [0.3, 0.4) is 0 Å². The standard InChI is InChI=1S/C26H21Cl2N3O6S.Na/c1-3-14-8-11-21(38(34,35)36)24(22(14)28)31-30-23-17-7-5-4-6-15(17)12-18(25(23)32)26(33)29-16-9-10-19(27)20(13-16)37-2;/h4-13,32H,3H2,1-2H3,(H,29,33)(H,34,35,36);/q;+1/p-1. The van der Waals surface area contributed by atoms with E-state index in [2.05, 4.69) is 15.5 Å². The van der Waals surface area contributed by atoms with E-state index in [1.54, 1.807) is 37.3 Å². The molecule has 39 heavy (non-hydrogen) atoms. The summed E-state index contributed by atoms with van der Waals surface area (Å²) in [6.07, 6.45) is 0.452. The Labute approximate surface area is 256 Å². The number of ether oxygens (including phenoxy) is 1. The number of nitrogens with one attached hydrogen (secondary N) is 1. The molecule has 0 atom stereocenters. The van der Waals surface area contributed by atoms with Crippen LogP contribution in [0.1, 0.15) is 22.8 Å². The molecule has 4 aromatic carbocycles. The number of methoxy groups -OCH3 is 1. The quantitative estimate of drug-likeness (QED) is 0.189. The number of carbonyl (C=O) groups is 1. The molecule has 0 bridgehead atoms. The van der Waals surface area contributed by atoms with E-state index in [1.165, 1.54) is 31.4 Å². The van der Waals surface area contributed by atoms with Crippen molar-refractivity contribution >= 4 is 67.1 Å². The Hall–Kier alpha value is -2.70. The molecule has 196 valence electrons. The number of azo groups is 1. The Morgan fingerprint density at radius 3 is 2.41 bits per heavy atom. The number of hydrogen-bond acceptors (Lipinski definition) is 7. The molecule has 2 N–H and O–H groups in total. The zero-order chi connectivity index (χ0) is 27.6. The maximum atomic E-state index is 13.4. The smallest absolute Gasteiger partial charge is 0.870 e. The van der Waals surface area contributed by atoms with Crippen molar-refractivity contribution in [2.45, 2.75) is 18.2 Å². The van der Waals surface area contributed by atoms with Gasteiger partial charge in [-0.15, -0.1) is 5.11 Å². The van der Waals surface area contributed by atoms with Gasteiger partial charge < -0.3 is 15.2 Å². The number of anilines is 1. The van der Waals surface area contributed by atoms with E-state index in [4.69, 9.17) is 27.9 Å². The molecule has 0 aliphatic heterocycles. The van der Waals surface area contributed by atoms with Gasteiger partial charge in [0.25, 0.3) is 16.0 Å². The minimum Gasteiger partial charge on any atom is -0.870 e. The number of fused-ring (bicyclic) bond motifs is 1. The van der Waals surface area contributed by atoms with Gasteiger partial charge in [0, 0.05) is 22.7 Å². The fourth-order valence-electron chi connectivity index (χ4n) is 3.78. The number of hydrogen-bond donors (Lipinski definition) is 2. The molecule has 4 rings (SSSR count). The second-order valence-electron chi connectivity index (χ2n) is 8.04. The van der Waals surface area contributed by atoms with Crippen LogP contribution in [0.5, 0.6) is 11.5 Å². The van der Waals surface area contributed by atoms with Gasteiger partial charge in [0.05, 0.1) is 22.8 Å². The van der Waals surface area contributed by atoms with Crippen LogP contribution >= 0.6 is 23.2 Å². The number of nitrogens with zero attached hydrogens (tertiary/aromatic N) is 2. The second-order valence-corrected chi connectivity index (χ2v) is 10.2. The van der Waals surface area contributed by atoms with Crippen LogP contribution in [0.4, 0.5) is 17.1 Å². The molecule has 1 amide bonds. The van der Waals surface area contributed by atoms with Crippen molar-refractivity contribution < 1.29 is 57.2 Å². The number of rotatable bonds is 7. The van der Waals surface area contributed by atoms with Gasteiger partial charge >= 0.3 is 29.6 Å². The van der Waals surface area contributed by atoms with Crippen molar-refractivity contribution in [3.63, 3.8) is 0 Å². The first-order valence-corrected chi connectivity index (χ1v) is 13.3. The SMILES string of the molecule is CCc1ccc(S(=O)(=O)O)c(N=Nc2c([O-])c(C(=O)Nc3ccc(Cl)c(OC)c3)cc3ccccc23)c1Cl.[Na+]. The third-order valence-corrected chi connectivity index (χ3v) is 7.32. The Bertz CT molecular complexity index is 1710. The fraction of sp³-hybridized carbons (Fsp3) is 0.115. The summed E-state index contributed by atoms with van der Waals surface area (Å²) in [6.45, 7) is 1.80. The molecule has 0 saturated carbocycles. The largest absolute Gasteiger partial charge is 1.00 e. The summed E-state index contributed by atoms with van der Waals surface area (Å²) in [7, 11) is -3.27. The van der Waals surface area contributed by atoms with Crippen molar-refractivity contribution in [3.05, 3.63) is 81.8 Å². The van der Waals surface area contributed by atoms with Gasteiger partial charge in [-0.1, -0.05) is 66.2 Å². The predicted octanol–water partition coefficient (Wildman–Crippen LogP) is 3.71. The van der Waals surface area contributed by atoms with Gasteiger partial charge in [0.15, 0.2) is 0 Å². The van der Waals surface area contributed by atoms with E-state index < -0.39 is 26.7 Å². The molecule has 0 fully saturated rings. The molecule has 9 nitrogen and oxygen atoms in total. The Kier molecular flexibility index (Phi) is 10.0. The average Bonchev–Trinajstić information content (AvgIpc) is 2.88. The monoisotopic (exact) mass is 595 g/mol. The maximum absolute atomic E-state index is 13.4. The van der Waals surface area contributed by atoms with Crippen LogP contribution in [0.2, 0.25) is 10.0 Å². The Balaban J connectivity index is 0.00000420. The van der Waals surface area contributed by atoms with E-state index in [0.29, 0.717) is 39.2 Å². The van der Waals surface area contributed by atoms with Crippen molar-refractivity contribution in [2.24, 2.45) is 10.2 Å². The molecular formula is C26H20Cl2N3NaO6S. The number of amides is 1. The second kappa shape index (κ2) is 12.6. The zero-order valence-corrected chi connectivity index (χ0v) is 25.4. The summed E-state index contributed by atoms with van der Waals surface area (Å²) in [5.74, 6) is -1.13. The van der Waals surface area contributed by atoms with Crippen LogP contribution in [0.15, 0.2) is 75.8 Å². The van der Waals surface area contributed by atoms with Crippen molar-refractivity contribution in [1.29, 1.82) is 0 Å². The van der Waals surface area contributed by atoms with E-state index in [1.807, 2.05) is 0 Å². The Morgan fingerprint density at radius 1 is 1.05 bits per heavy atom. The molecule has 4 aromatic rings. The number of halogens is 2. The van der Waals surface area contributed by atoms with Crippen molar-refractivity contribution in [2.75, 3.05) is 12.4 Å². The van der Waals surface area contributed by atoms with E-state index in [9.17, 15) is 22.9 Å². The molecule has 0 saturated heterocycles. The predicted molar refractivity (Wildman–Crippen MR) is 144 cm³/mol. The first-order valence-electron chi connectivity index (χ1n) is 11.1. The van der Waals surface area contributed by atoms with Crippen LogP contribution in [-0.4, -0.2) is 26.0 Å². The minimum absolute atomic E-state index is 0. The molecule has 0 heterocycles. The van der Waals surface area contributed by atoms with E-state index >= 15 is 0 Å². The third kappa shape index (κ3) is 6.55. The summed E-state index contributed by atoms with van der Waals surface area (Å²) in [5, 5.41) is 25.3. The summed E-state index contributed by atoms with van der Waals surface area (Å²) in [5.41, 5.74) is 0.149. The van der Waals surface area contributed by atoms with Gasteiger partial charge in [0.1, 0.15) is 16.3 Å². The van der Waals surface area contributed by atoms with Crippen LogP contribution in [0.25, 0.3) is 10.8 Å². The van der Waals surface area contributed by atoms with Crippen molar-refractivity contribution in [1.82, 2.24) is 0 Å². The first-order chi connectivity index (χ1) is 18.0. The van der Waals surface area contributed by atoms with Crippen LogP contribution < -0.4 is 44.7 Å². The molecule has 0 radical (unpaired) electrons. The van der Waals surface area contributed by atoms with Gasteiger partial charge in [-0.05, 0) is 41.6 Å². The maximum Gasteiger partial charge on any atom is 1.00 e. The normalized spacial score (nSPS) is 11.4. The molecule has 0 aliphatic rings. The minimum atomic E-state index is -4.70. The summed E-state index contributed by atoms with van der Waals surface area (Å²) in [4.78, 5) is 12.6. The topological polar surface area (TPSA) is 140 Å². The molecule has 13 heteroatoms. The van der Waals surface area contributed by atoms with Crippen LogP contribution in [0, 0.1) is 0 Å². The van der Waals surface area contributed by atoms with Crippen molar-refractivity contribution in [3.8, 4) is 11.5 Å². The number of aryl methyl sites for hydroxylation is 1. The van der Waals surface area contributed by atoms with Gasteiger partial charge in [-0.3, -0.25) is 9.35 Å². The van der Waals surface area contributed by atoms with Gasteiger partial charge in [-0.25, -0.2) is 0 Å². The van der Waals surface area contributed by atoms with Crippen LogP contribution in [-0.2, 0) is 16.5 Å². The zero-order valence-electron chi connectivity index (χ0n) is 21.0. The van der Waals surface area contributed by atoms with E-state index in [-0.39, 0.29) is 51.5 Å². The van der Waals surface area contributed by atoms with E-state index in [0.717, 1.165) is 6.07 Å². The molecular weight excluding hydrogens is 576 g/mol.